The van der Waals surface area contributed by atoms with E-state index in [1.807, 2.05) is 0 Å². The Morgan fingerprint density at radius 3 is 3.14 bits per heavy atom. The third kappa shape index (κ3) is 1.70. The van der Waals surface area contributed by atoms with Crippen LogP contribution in [0.3, 0.4) is 0 Å². The minimum atomic E-state index is -0.115. The van der Waals surface area contributed by atoms with Crippen LogP contribution >= 0.6 is 0 Å². The zero-order valence-corrected chi connectivity index (χ0v) is 8.50. The molecule has 1 aromatic rings. The van der Waals surface area contributed by atoms with Gasteiger partial charge in [0.15, 0.2) is 0 Å². The summed E-state index contributed by atoms with van der Waals surface area (Å²) in [5.41, 5.74) is 1.94. The van der Waals surface area contributed by atoms with Crippen LogP contribution in [0.15, 0.2) is 10.9 Å². The van der Waals surface area contributed by atoms with E-state index in [0.717, 1.165) is 24.2 Å². The molecule has 1 unspecified atom stereocenters. The molecule has 0 amide bonds. The van der Waals surface area contributed by atoms with Crippen molar-refractivity contribution in [2.75, 3.05) is 0 Å². The zero-order valence-electron chi connectivity index (χ0n) is 8.50. The Bertz CT molecular complexity index is 383. The first-order valence-electron chi connectivity index (χ1n) is 4.98. The van der Waals surface area contributed by atoms with E-state index in [-0.39, 0.29) is 5.56 Å². The molecule has 1 atom stereocenters. The van der Waals surface area contributed by atoms with Gasteiger partial charge in [0.1, 0.15) is 0 Å². The van der Waals surface area contributed by atoms with Gasteiger partial charge in [0.25, 0.3) is 5.56 Å². The average molecular weight is 193 g/mol. The summed E-state index contributed by atoms with van der Waals surface area (Å²) >= 11 is 0. The topological polar surface area (TPSA) is 57.8 Å². The Morgan fingerprint density at radius 2 is 2.43 bits per heavy atom. The summed E-state index contributed by atoms with van der Waals surface area (Å²) in [6, 6.07) is 1.94. The lowest BCUT2D eigenvalue weighted by molar-refractivity contribution is 0.447. The molecule has 14 heavy (non-hydrogen) atoms. The van der Waals surface area contributed by atoms with Gasteiger partial charge in [-0.15, -0.1) is 0 Å². The van der Waals surface area contributed by atoms with Crippen molar-refractivity contribution in [1.82, 2.24) is 15.5 Å². The first kappa shape index (κ1) is 9.40. The first-order chi connectivity index (χ1) is 6.66. The highest BCUT2D eigenvalue weighted by Crippen LogP contribution is 2.26. The highest BCUT2D eigenvalue weighted by atomic mass is 16.1. The van der Waals surface area contributed by atoms with E-state index in [1.54, 1.807) is 6.07 Å². The third-order valence-electron chi connectivity index (χ3n) is 2.50. The number of rotatable bonds is 2. The molecule has 0 aliphatic carbocycles. The Balaban J connectivity index is 2.26. The van der Waals surface area contributed by atoms with Crippen LogP contribution in [-0.4, -0.2) is 10.2 Å². The van der Waals surface area contributed by atoms with Crippen LogP contribution < -0.4 is 10.9 Å². The zero-order chi connectivity index (χ0) is 10.1. The second-order valence-corrected chi connectivity index (χ2v) is 4.21. The van der Waals surface area contributed by atoms with Crippen LogP contribution in [0, 0.1) is 5.92 Å². The molecule has 4 heteroatoms. The number of nitrogens with zero attached hydrogens (tertiary/aromatic N) is 1. The second-order valence-electron chi connectivity index (χ2n) is 4.21. The number of aromatic nitrogens is 2. The molecule has 1 aliphatic rings. The van der Waals surface area contributed by atoms with Gasteiger partial charge in [0.2, 0.25) is 0 Å². The molecule has 2 heterocycles. The Morgan fingerprint density at radius 1 is 1.64 bits per heavy atom. The number of hydrogen-bond donors (Lipinski definition) is 2. The summed E-state index contributed by atoms with van der Waals surface area (Å²) in [7, 11) is 0. The number of nitrogens with one attached hydrogen (secondary N) is 2. The molecular weight excluding hydrogens is 178 g/mol. The van der Waals surface area contributed by atoms with Crippen LogP contribution in [0.1, 0.15) is 37.6 Å². The van der Waals surface area contributed by atoms with Crippen molar-refractivity contribution in [2.45, 2.75) is 32.9 Å². The number of hydrogen-bond acceptors (Lipinski definition) is 3. The summed E-state index contributed by atoms with van der Waals surface area (Å²) in [6.07, 6.45) is 1.06. The highest BCUT2D eigenvalue weighted by molar-refractivity contribution is 5.25. The lowest BCUT2D eigenvalue weighted by Gasteiger charge is -2.12. The fourth-order valence-corrected chi connectivity index (χ4v) is 1.89. The lowest BCUT2D eigenvalue weighted by atomic mass is 10.0. The molecule has 0 saturated carbocycles. The molecule has 0 radical (unpaired) electrons. The van der Waals surface area contributed by atoms with Gasteiger partial charge in [-0.2, -0.15) is 5.10 Å². The molecule has 4 nitrogen and oxygen atoms in total. The monoisotopic (exact) mass is 193 g/mol. The maximum absolute atomic E-state index is 11.0. The van der Waals surface area contributed by atoms with Crippen molar-refractivity contribution in [3.8, 4) is 0 Å². The van der Waals surface area contributed by atoms with Crippen LogP contribution in [-0.2, 0) is 6.54 Å². The molecule has 2 N–H and O–H groups in total. The molecule has 76 valence electrons. The molecule has 0 aromatic carbocycles. The summed E-state index contributed by atoms with van der Waals surface area (Å²) in [6.45, 7) is 5.14. The van der Waals surface area contributed by atoms with E-state index in [4.69, 9.17) is 0 Å². The lowest BCUT2D eigenvalue weighted by Crippen LogP contribution is -2.15. The van der Waals surface area contributed by atoms with E-state index >= 15 is 0 Å². The number of fused-ring (bicyclic) bond motifs is 1. The molecule has 0 bridgehead atoms. The van der Waals surface area contributed by atoms with Gasteiger partial charge in [0, 0.05) is 12.6 Å². The average Bonchev–Trinajstić information content (AvgIpc) is 2.47. The predicted octanol–water partition coefficient (Wildman–Crippen LogP) is 0.960. The van der Waals surface area contributed by atoms with E-state index in [2.05, 4.69) is 29.4 Å². The standard InChI is InChI=1S/C10H15N3O/c1-6(2)3-8-10-7(5-11-8)4-9(14)12-13-10/h4,6,8,11H,3,5H2,1-2H3,(H,12,14). The van der Waals surface area contributed by atoms with Gasteiger partial charge in [-0.25, -0.2) is 5.10 Å². The Kier molecular flexibility index (Phi) is 2.37. The number of aromatic amines is 1. The van der Waals surface area contributed by atoms with Crippen LogP contribution in [0.4, 0.5) is 0 Å². The largest absolute Gasteiger partial charge is 0.304 e. The number of H-pyrrole nitrogens is 1. The molecule has 1 aromatic heterocycles. The molecule has 1 aliphatic heterocycles. The quantitative estimate of drug-likeness (QED) is 0.735. The van der Waals surface area contributed by atoms with Crippen molar-refractivity contribution in [3.63, 3.8) is 0 Å². The fourth-order valence-electron chi connectivity index (χ4n) is 1.89. The SMILES string of the molecule is CC(C)CC1NCc2cc(=O)[nH]nc21. The molecule has 0 fully saturated rings. The molecule has 0 spiro atoms. The van der Waals surface area contributed by atoms with Crippen molar-refractivity contribution in [1.29, 1.82) is 0 Å². The Hall–Kier alpha value is -1.16. The van der Waals surface area contributed by atoms with E-state index in [0.29, 0.717) is 12.0 Å². The van der Waals surface area contributed by atoms with Crippen LogP contribution in [0.25, 0.3) is 0 Å². The minimum Gasteiger partial charge on any atom is -0.304 e. The van der Waals surface area contributed by atoms with Crippen LogP contribution in [0.5, 0.6) is 0 Å². The van der Waals surface area contributed by atoms with E-state index in [9.17, 15) is 4.79 Å². The first-order valence-corrected chi connectivity index (χ1v) is 4.98. The summed E-state index contributed by atoms with van der Waals surface area (Å²) in [4.78, 5) is 11.0. The summed E-state index contributed by atoms with van der Waals surface area (Å²) < 4.78 is 0. The van der Waals surface area contributed by atoms with Crippen molar-refractivity contribution < 1.29 is 0 Å². The van der Waals surface area contributed by atoms with Gasteiger partial charge >= 0.3 is 0 Å². The van der Waals surface area contributed by atoms with Gasteiger partial charge in [-0.05, 0) is 17.9 Å². The molecule has 2 rings (SSSR count). The smallest absolute Gasteiger partial charge is 0.264 e. The van der Waals surface area contributed by atoms with Crippen molar-refractivity contribution in [2.24, 2.45) is 5.92 Å². The van der Waals surface area contributed by atoms with E-state index in [1.165, 1.54) is 0 Å². The highest BCUT2D eigenvalue weighted by Gasteiger charge is 2.24. The van der Waals surface area contributed by atoms with E-state index < -0.39 is 0 Å². The third-order valence-corrected chi connectivity index (χ3v) is 2.50. The minimum absolute atomic E-state index is 0.115. The van der Waals surface area contributed by atoms with Gasteiger partial charge in [0.05, 0.1) is 11.7 Å². The predicted molar refractivity (Wildman–Crippen MR) is 53.9 cm³/mol. The Labute approximate surface area is 82.7 Å². The molecule has 0 saturated heterocycles. The summed E-state index contributed by atoms with van der Waals surface area (Å²) in [5, 5.41) is 9.94. The van der Waals surface area contributed by atoms with Crippen LogP contribution in [0.2, 0.25) is 0 Å². The van der Waals surface area contributed by atoms with Gasteiger partial charge in [-0.1, -0.05) is 13.8 Å². The molecular formula is C10H15N3O. The van der Waals surface area contributed by atoms with Crippen molar-refractivity contribution in [3.05, 3.63) is 27.7 Å². The van der Waals surface area contributed by atoms with Gasteiger partial charge in [-0.3, -0.25) is 4.79 Å². The van der Waals surface area contributed by atoms with Crippen molar-refractivity contribution >= 4 is 0 Å². The maximum atomic E-state index is 11.0. The maximum Gasteiger partial charge on any atom is 0.264 e. The normalized spacial score (nSPS) is 20.1. The second kappa shape index (κ2) is 3.53. The summed E-state index contributed by atoms with van der Waals surface area (Å²) in [5.74, 6) is 0.632. The van der Waals surface area contributed by atoms with Gasteiger partial charge < -0.3 is 5.32 Å². The fraction of sp³-hybridized carbons (Fsp3) is 0.600.